The predicted octanol–water partition coefficient (Wildman–Crippen LogP) is 2.66. The minimum absolute atomic E-state index is 0.140. The van der Waals surface area contributed by atoms with Crippen LogP contribution in [0.3, 0.4) is 0 Å². The summed E-state index contributed by atoms with van der Waals surface area (Å²) in [6, 6.07) is 10.7. The van der Waals surface area contributed by atoms with Gasteiger partial charge in [-0.15, -0.1) is 0 Å². The fourth-order valence-electron chi connectivity index (χ4n) is 2.54. The van der Waals surface area contributed by atoms with E-state index in [2.05, 4.69) is 15.4 Å². The van der Waals surface area contributed by atoms with E-state index in [1.807, 2.05) is 0 Å². The number of anilines is 1. The lowest BCUT2D eigenvalue weighted by Gasteiger charge is -2.06. The summed E-state index contributed by atoms with van der Waals surface area (Å²) in [5.41, 5.74) is 0.812. The van der Waals surface area contributed by atoms with E-state index in [9.17, 15) is 14.4 Å². The summed E-state index contributed by atoms with van der Waals surface area (Å²) in [5.74, 6) is -0.780. The fraction of sp³-hybridized carbons (Fsp3) is 0.105. The summed E-state index contributed by atoms with van der Waals surface area (Å²) in [5, 5.41) is 7.43. The zero-order valence-corrected chi connectivity index (χ0v) is 15.9. The average Bonchev–Trinajstić information content (AvgIpc) is 3.36. The molecule has 0 aliphatic heterocycles. The van der Waals surface area contributed by atoms with Crippen LogP contribution < -0.4 is 10.9 Å². The molecule has 0 atom stereocenters. The number of ether oxygens (including phenoxy) is 1. The van der Waals surface area contributed by atoms with Crippen LogP contribution in [0.1, 0.15) is 31.6 Å². The standard InChI is InChI=1S/C19H14N4O5S/c1-11-22-23-16(24)9-14(21-19(23)29-11)10-28-18(26)12-4-6-13(7-5-12)20-17(25)15-3-2-8-27-15/h2-9H,10H2,1H3,(H,20,25). The number of furan rings is 1. The normalized spacial score (nSPS) is 10.8. The third-order valence-electron chi connectivity index (χ3n) is 3.87. The van der Waals surface area contributed by atoms with Crippen molar-refractivity contribution >= 4 is 33.9 Å². The molecule has 29 heavy (non-hydrogen) atoms. The monoisotopic (exact) mass is 410 g/mol. The van der Waals surface area contributed by atoms with Crippen LogP contribution in [-0.2, 0) is 11.3 Å². The molecule has 0 unspecified atom stereocenters. The SMILES string of the molecule is Cc1nn2c(=O)cc(COC(=O)c3ccc(NC(=O)c4ccco4)cc3)nc2s1. The number of hydrogen-bond donors (Lipinski definition) is 1. The Morgan fingerprint density at radius 3 is 2.76 bits per heavy atom. The highest BCUT2D eigenvalue weighted by molar-refractivity contribution is 7.16. The predicted molar refractivity (Wildman–Crippen MR) is 104 cm³/mol. The van der Waals surface area contributed by atoms with Crippen LogP contribution in [0.4, 0.5) is 5.69 Å². The first-order valence-electron chi connectivity index (χ1n) is 8.48. The van der Waals surface area contributed by atoms with E-state index < -0.39 is 11.9 Å². The summed E-state index contributed by atoms with van der Waals surface area (Å²) in [6.07, 6.45) is 1.41. The Morgan fingerprint density at radius 1 is 1.24 bits per heavy atom. The molecule has 1 N–H and O–H groups in total. The van der Waals surface area contributed by atoms with E-state index in [4.69, 9.17) is 9.15 Å². The lowest BCUT2D eigenvalue weighted by molar-refractivity contribution is 0.0467. The minimum atomic E-state index is -0.573. The Bertz CT molecular complexity index is 1240. The summed E-state index contributed by atoms with van der Waals surface area (Å²) in [4.78, 5) is 40.9. The van der Waals surface area contributed by atoms with Gasteiger partial charge in [0, 0.05) is 11.8 Å². The van der Waals surface area contributed by atoms with Crippen molar-refractivity contribution < 1.29 is 18.7 Å². The van der Waals surface area contributed by atoms with Gasteiger partial charge in [-0.3, -0.25) is 9.59 Å². The zero-order valence-electron chi connectivity index (χ0n) is 15.1. The molecule has 146 valence electrons. The first-order chi connectivity index (χ1) is 14.0. The topological polar surface area (TPSA) is 116 Å². The fourth-order valence-corrected chi connectivity index (χ4v) is 3.31. The first kappa shape index (κ1) is 18.6. The van der Waals surface area contributed by atoms with Crippen molar-refractivity contribution in [2.24, 2.45) is 0 Å². The number of rotatable bonds is 5. The molecule has 0 fully saturated rings. The maximum absolute atomic E-state index is 12.2. The lowest BCUT2D eigenvalue weighted by atomic mass is 10.2. The van der Waals surface area contributed by atoms with Crippen LogP contribution in [-0.4, -0.2) is 26.5 Å². The van der Waals surface area contributed by atoms with E-state index >= 15 is 0 Å². The maximum Gasteiger partial charge on any atom is 0.338 e. The third-order valence-corrected chi connectivity index (χ3v) is 4.70. The minimum Gasteiger partial charge on any atom is -0.459 e. The number of aryl methyl sites for hydroxylation is 1. The molecule has 4 rings (SSSR count). The van der Waals surface area contributed by atoms with Crippen LogP contribution in [0, 0.1) is 6.92 Å². The Labute approximate surface area is 167 Å². The Kier molecular flexibility index (Phi) is 4.92. The van der Waals surface area contributed by atoms with Gasteiger partial charge in [0.2, 0.25) is 4.96 Å². The molecule has 0 saturated carbocycles. The van der Waals surface area contributed by atoms with Gasteiger partial charge in [-0.2, -0.15) is 9.61 Å². The Hall–Kier alpha value is -3.79. The lowest BCUT2D eigenvalue weighted by Crippen LogP contribution is -2.16. The van der Waals surface area contributed by atoms with E-state index in [-0.39, 0.29) is 17.9 Å². The number of carbonyl (C=O) groups excluding carboxylic acids is 2. The summed E-state index contributed by atoms with van der Waals surface area (Å²) < 4.78 is 11.5. The van der Waals surface area contributed by atoms with Gasteiger partial charge in [0.1, 0.15) is 11.6 Å². The van der Waals surface area contributed by atoms with E-state index in [1.165, 1.54) is 40.3 Å². The van der Waals surface area contributed by atoms with Gasteiger partial charge in [0.15, 0.2) is 5.76 Å². The smallest absolute Gasteiger partial charge is 0.338 e. The second-order valence-corrected chi connectivity index (χ2v) is 7.15. The van der Waals surface area contributed by atoms with Crippen LogP contribution in [0.25, 0.3) is 4.96 Å². The van der Waals surface area contributed by atoms with E-state index in [0.29, 0.717) is 26.9 Å². The molecule has 3 aromatic heterocycles. The third kappa shape index (κ3) is 4.06. The second-order valence-electron chi connectivity index (χ2n) is 5.99. The molecule has 10 heteroatoms. The Morgan fingerprint density at radius 2 is 2.03 bits per heavy atom. The number of hydrogen-bond acceptors (Lipinski definition) is 8. The number of fused-ring (bicyclic) bond motifs is 1. The van der Waals surface area contributed by atoms with Crippen LogP contribution in [0.15, 0.2) is 57.9 Å². The molecule has 0 radical (unpaired) electrons. The zero-order chi connectivity index (χ0) is 20.4. The molecule has 9 nitrogen and oxygen atoms in total. The highest BCUT2D eigenvalue weighted by atomic mass is 32.1. The van der Waals surface area contributed by atoms with Crippen molar-refractivity contribution in [2.45, 2.75) is 13.5 Å². The van der Waals surface area contributed by atoms with Crippen LogP contribution in [0.2, 0.25) is 0 Å². The number of benzene rings is 1. The molecule has 3 heterocycles. The van der Waals surface area contributed by atoms with Gasteiger partial charge in [0.25, 0.3) is 11.5 Å². The molecule has 4 aromatic rings. The summed E-state index contributed by atoms with van der Waals surface area (Å²) >= 11 is 1.28. The number of amides is 1. The Balaban J connectivity index is 1.40. The van der Waals surface area contributed by atoms with Gasteiger partial charge in [-0.1, -0.05) is 11.3 Å². The quantitative estimate of drug-likeness (QED) is 0.503. The van der Waals surface area contributed by atoms with Crippen molar-refractivity contribution in [3.8, 4) is 0 Å². The average molecular weight is 410 g/mol. The van der Waals surface area contributed by atoms with E-state index in [0.717, 1.165) is 0 Å². The maximum atomic E-state index is 12.2. The van der Waals surface area contributed by atoms with Crippen molar-refractivity contribution in [1.29, 1.82) is 0 Å². The van der Waals surface area contributed by atoms with Gasteiger partial charge in [-0.05, 0) is 43.3 Å². The van der Waals surface area contributed by atoms with E-state index in [1.54, 1.807) is 31.2 Å². The second kappa shape index (κ2) is 7.68. The van der Waals surface area contributed by atoms with Crippen molar-refractivity contribution in [3.05, 3.63) is 81.1 Å². The van der Waals surface area contributed by atoms with Crippen molar-refractivity contribution in [1.82, 2.24) is 14.6 Å². The molecule has 0 spiro atoms. The van der Waals surface area contributed by atoms with Gasteiger partial charge < -0.3 is 14.5 Å². The van der Waals surface area contributed by atoms with Gasteiger partial charge in [0.05, 0.1) is 17.5 Å². The largest absolute Gasteiger partial charge is 0.459 e. The first-order valence-corrected chi connectivity index (χ1v) is 9.30. The molecular formula is C19H14N4O5S. The molecule has 0 saturated heterocycles. The highest BCUT2D eigenvalue weighted by Crippen LogP contribution is 2.14. The molecule has 0 aliphatic carbocycles. The summed E-state index contributed by atoms with van der Waals surface area (Å²) in [6.45, 7) is 1.64. The molecular weight excluding hydrogens is 396 g/mol. The summed E-state index contributed by atoms with van der Waals surface area (Å²) in [7, 11) is 0. The molecule has 0 aliphatic rings. The van der Waals surface area contributed by atoms with Crippen LogP contribution >= 0.6 is 11.3 Å². The molecule has 1 amide bonds. The molecule has 1 aromatic carbocycles. The number of nitrogens with zero attached hydrogens (tertiary/aromatic N) is 3. The van der Waals surface area contributed by atoms with Gasteiger partial charge >= 0.3 is 5.97 Å². The molecule has 0 bridgehead atoms. The van der Waals surface area contributed by atoms with Crippen molar-refractivity contribution in [3.63, 3.8) is 0 Å². The number of esters is 1. The van der Waals surface area contributed by atoms with Crippen LogP contribution in [0.5, 0.6) is 0 Å². The van der Waals surface area contributed by atoms with Gasteiger partial charge in [-0.25, -0.2) is 9.78 Å². The number of nitrogens with one attached hydrogen (secondary N) is 1. The van der Waals surface area contributed by atoms with Crippen molar-refractivity contribution in [2.75, 3.05) is 5.32 Å². The number of carbonyl (C=O) groups is 2. The highest BCUT2D eigenvalue weighted by Gasteiger charge is 2.12. The number of aromatic nitrogens is 3.